The molecule has 0 radical (unpaired) electrons. The molecule has 0 aromatic heterocycles. The van der Waals surface area contributed by atoms with Crippen LogP contribution in [0.25, 0.3) is 0 Å². The number of carbonyl (C=O) groups is 1. The lowest BCUT2D eigenvalue weighted by Crippen LogP contribution is -2.20. The monoisotopic (exact) mass is 152 g/mol. The van der Waals surface area contributed by atoms with E-state index in [1.54, 1.807) is 0 Å². The minimum atomic E-state index is 0.324. The summed E-state index contributed by atoms with van der Waals surface area (Å²) in [5, 5.41) is 0. The third-order valence-corrected chi connectivity index (χ3v) is 2.21. The van der Waals surface area contributed by atoms with Gasteiger partial charge in [0.2, 0.25) is 0 Å². The maximum absolute atomic E-state index is 10.5. The van der Waals surface area contributed by atoms with Crippen molar-refractivity contribution >= 4 is 6.29 Å². The third-order valence-electron chi connectivity index (χ3n) is 2.21. The topological polar surface area (TPSA) is 17.1 Å². The number of hydrogen-bond acceptors (Lipinski definition) is 1. The van der Waals surface area contributed by atoms with Crippen LogP contribution >= 0.6 is 0 Å². The summed E-state index contributed by atoms with van der Waals surface area (Å²) in [5.41, 5.74) is 1.30. The SMILES string of the molecule is C[C@@H]1C=C(C=O)CC(C)(C)C1. The second-order valence-corrected chi connectivity index (χ2v) is 4.38. The van der Waals surface area contributed by atoms with Gasteiger partial charge in [0, 0.05) is 0 Å². The minimum absolute atomic E-state index is 0.324. The molecule has 0 aromatic rings. The molecule has 0 heterocycles. The van der Waals surface area contributed by atoms with Crippen molar-refractivity contribution in [1.29, 1.82) is 0 Å². The molecule has 1 aliphatic carbocycles. The molecule has 1 rings (SSSR count). The Morgan fingerprint density at radius 1 is 1.64 bits per heavy atom. The Morgan fingerprint density at radius 2 is 2.27 bits per heavy atom. The smallest absolute Gasteiger partial charge is 0.145 e. The first-order valence-corrected chi connectivity index (χ1v) is 4.19. The second kappa shape index (κ2) is 2.80. The van der Waals surface area contributed by atoms with E-state index in [1.807, 2.05) is 0 Å². The number of aldehydes is 1. The lowest BCUT2D eigenvalue weighted by Gasteiger charge is -2.31. The van der Waals surface area contributed by atoms with E-state index >= 15 is 0 Å². The number of allylic oxidation sites excluding steroid dienone is 2. The number of carbonyl (C=O) groups excluding carboxylic acids is 1. The highest BCUT2D eigenvalue weighted by Gasteiger charge is 2.25. The first-order chi connectivity index (χ1) is 5.03. The fourth-order valence-electron chi connectivity index (χ4n) is 2.06. The molecule has 0 N–H and O–H groups in total. The van der Waals surface area contributed by atoms with E-state index in [2.05, 4.69) is 26.8 Å². The van der Waals surface area contributed by atoms with Crippen LogP contribution in [-0.4, -0.2) is 6.29 Å². The van der Waals surface area contributed by atoms with Gasteiger partial charge in [-0.2, -0.15) is 0 Å². The van der Waals surface area contributed by atoms with Gasteiger partial charge < -0.3 is 0 Å². The molecule has 0 aromatic carbocycles. The molecule has 1 heteroatoms. The zero-order valence-corrected chi connectivity index (χ0v) is 7.55. The van der Waals surface area contributed by atoms with Crippen molar-refractivity contribution < 1.29 is 4.79 Å². The minimum Gasteiger partial charge on any atom is -0.298 e. The molecule has 1 nitrogen and oxygen atoms in total. The highest BCUT2D eigenvalue weighted by Crippen LogP contribution is 2.36. The predicted molar refractivity (Wildman–Crippen MR) is 46.3 cm³/mol. The first kappa shape index (κ1) is 8.51. The van der Waals surface area contributed by atoms with E-state index in [0.717, 1.165) is 18.3 Å². The molecule has 0 fully saturated rings. The van der Waals surface area contributed by atoms with Crippen LogP contribution in [0, 0.1) is 11.3 Å². The highest BCUT2D eigenvalue weighted by molar-refractivity contribution is 5.73. The fourth-order valence-corrected chi connectivity index (χ4v) is 2.06. The van der Waals surface area contributed by atoms with E-state index < -0.39 is 0 Å². The maximum atomic E-state index is 10.5. The Morgan fingerprint density at radius 3 is 2.73 bits per heavy atom. The molecule has 0 amide bonds. The van der Waals surface area contributed by atoms with Gasteiger partial charge in [-0.1, -0.05) is 26.8 Å². The van der Waals surface area contributed by atoms with Gasteiger partial charge in [0.05, 0.1) is 0 Å². The molecule has 0 saturated heterocycles. The summed E-state index contributed by atoms with van der Waals surface area (Å²) in [6.07, 6.45) is 5.24. The van der Waals surface area contributed by atoms with Crippen LogP contribution in [0.2, 0.25) is 0 Å². The molecule has 1 atom stereocenters. The van der Waals surface area contributed by atoms with Gasteiger partial charge in [-0.3, -0.25) is 4.79 Å². The van der Waals surface area contributed by atoms with E-state index in [9.17, 15) is 4.79 Å². The number of hydrogen-bond donors (Lipinski definition) is 0. The first-order valence-electron chi connectivity index (χ1n) is 4.19. The normalized spacial score (nSPS) is 29.4. The Kier molecular flexibility index (Phi) is 2.17. The summed E-state index contributed by atoms with van der Waals surface area (Å²) >= 11 is 0. The van der Waals surface area contributed by atoms with Crippen LogP contribution in [0.3, 0.4) is 0 Å². The predicted octanol–water partition coefficient (Wildman–Crippen LogP) is 2.57. The molecular formula is C10H16O. The van der Waals surface area contributed by atoms with Crippen LogP contribution in [0.5, 0.6) is 0 Å². The average molecular weight is 152 g/mol. The van der Waals surface area contributed by atoms with Crippen LogP contribution in [-0.2, 0) is 4.79 Å². The van der Waals surface area contributed by atoms with Crippen molar-refractivity contribution in [2.75, 3.05) is 0 Å². The molecule has 62 valence electrons. The maximum Gasteiger partial charge on any atom is 0.145 e. The molecule has 0 saturated carbocycles. The van der Waals surface area contributed by atoms with Crippen molar-refractivity contribution in [1.82, 2.24) is 0 Å². The number of rotatable bonds is 1. The summed E-state index contributed by atoms with van der Waals surface area (Å²) in [7, 11) is 0. The molecule has 0 unspecified atom stereocenters. The van der Waals surface area contributed by atoms with Crippen LogP contribution in [0.4, 0.5) is 0 Å². The van der Waals surface area contributed by atoms with Gasteiger partial charge in [0.25, 0.3) is 0 Å². The second-order valence-electron chi connectivity index (χ2n) is 4.38. The summed E-state index contributed by atoms with van der Waals surface area (Å²) in [5.74, 6) is 0.568. The summed E-state index contributed by atoms with van der Waals surface area (Å²) in [6.45, 7) is 6.62. The van der Waals surface area contributed by atoms with Gasteiger partial charge in [0.1, 0.15) is 6.29 Å². The van der Waals surface area contributed by atoms with Crippen molar-refractivity contribution in [3.05, 3.63) is 11.6 Å². The van der Waals surface area contributed by atoms with Crippen molar-refractivity contribution in [3.63, 3.8) is 0 Å². The molecule has 0 spiro atoms. The molecule has 0 aliphatic heterocycles. The zero-order chi connectivity index (χ0) is 8.48. The zero-order valence-electron chi connectivity index (χ0n) is 7.55. The summed E-state index contributed by atoms with van der Waals surface area (Å²) in [6, 6.07) is 0. The average Bonchev–Trinajstić information content (AvgIpc) is 1.83. The van der Waals surface area contributed by atoms with Crippen LogP contribution in [0.1, 0.15) is 33.6 Å². The Balaban J connectivity index is 2.77. The van der Waals surface area contributed by atoms with E-state index in [-0.39, 0.29) is 0 Å². The van der Waals surface area contributed by atoms with Gasteiger partial charge in [-0.25, -0.2) is 0 Å². The van der Waals surface area contributed by atoms with Gasteiger partial charge >= 0.3 is 0 Å². The fraction of sp³-hybridized carbons (Fsp3) is 0.700. The molecule has 1 aliphatic rings. The van der Waals surface area contributed by atoms with E-state index in [1.165, 1.54) is 6.42 Å². The van der Waals surface area contributed by atoms with Crippen molar-refractivity contribution in [2.24, 2.45) is 11.3 Å². The Hall–Kier alpha value is -0.590. The summed E-state index contributed by atoms with van der Waals surface area (Å²) in [4.78, 5) is 10.5. The Labute approximate surface area is 68.5 Å². The Bertz CT molecular complexity index is 189. The summed E-state index contributed by atoms with van der Waals surface area (Å²) < 4.78 is 0. The molecule has 11 heavy (non-hydrogen) atoms. The van der Waals surface area contributed by atoms with Gasteiger partial charge in [-0.15, -0.1) is 0 Å². The largest absolute Gasteiger partial charge is 0.298 e. The molecular weight excluding hydrogens is 136 g/mol. The standard InChI is InChI=1S/C10H16O/c1-8-4-9(7-11)6-10(2,3)5-8/h4,7-8H,5-6H2,1-3H3/t8-/m1/s1. The van der Waals surface area contributed by atoms with E-state index in [4.69, 9.17) is 0 Å². The van der Waals surface area contributed by atoms with Crippen molar-refractivity contribution in [3.8, 4) is 0 Å². The quantitative estimate of drug-likeness (QED) is 0.528. The van der Waals surface area contributed by atoms with Crippen LogP contribution in [0.15, 0.2) is 11.6 Å². The van der Waals surface area contributed by atoms with Crippen molar-refractivity contribution in [2.45, 2.75) is 33.6 Å². The molecule has 0 bridgehead atoms. The lowest BCUT2D eigenvalue weighted by molar-refractivity contribution is -0.105. The van der Waals surface area contributed by atoms with E-state index in [0.29, 0.717) is 11.3 Å². The van der Waals surface area contributed by atoms with Crippen LogP contribution < -0.4 is 0 Å². The van der Waals surface area contributed by atoms with Gasteiger partial charge in [-0.05, 0) is 29.7 Å². The lowest BCUT2D eigenvalue weighted by atomic mass is 9.74. The third kappa shape index (κ3) is 2.18. The van der Waals surface area contributed by atoms with Gasteiger partial charge in [0.15, 0.2) is 0 Å². The highest BCUT2D eigenvalue weighted by atomic mass is 16.1.